The number of halogens is 2. The molecule has 5 heteroatoms. The monoisotopic (exact) mass is 232 g/mol. The molecule has 3 nitrogen and oxygen atoms in total. The van der Waals surface area contributed by atoms with E-state index in [1.54, 1.807) is 6.07 Å². The molecule has 0 N–H and O–H groups in total. The molecule has 1 heterocycles. The van der Waals surface area contributed by atoms with Crippen LogP contribution in [0.25, 0.3) is 0 Å². The van der Waals surface area contributed by atoms with Gasteiger partial charge >= 0.3 is 0 Å². The van der Waals surface area contributed by atoms with E-state index in [4.69, 9.17) is 27.9 Å². The van der Waals surface area contributed by atoms with Crippen molar-refractivity contribution in [2.75, 3.05) is 0 Å². The molecular weight excluding hydrogens is 223 g/mol. The number of ether oxygens (including phenoxy) is 1. The van der Waals surface area contributed by atoms with Crippen LogP contribution in [0.5, 0.6) is 5.75 Å². The van der Waals surface area contributed by atoms with Crippen LogP contribution in [0.15, 0.2) is 6.07 Å². The summed E-state index contributed by atoms with van der Waals surface area (Å²) < 4.78 is 5.67. The first-order valence-electron chi connectivity index (χ1n) is 4.61. The first-order valence-corrected chi connectivity index (χ1v) is 5.36. The van der Waals surface area contributed by atoms with E-state index in [2.05, 4.69) is 10.2 Å². The fourth-order valence-corrected chi connectivity index (χ4v) is 1.88. The minimum Gasteiger partial charge on any atom is -0.487 e. The summed E-state index contributed by atoms with van der Waals surface area (Å²) in [6.07, 6.45) is 4.85. The molecule has 0 bridgehead atoms. The van der Waals surface area contributed by atoms with Gasteiger partial charge in [0.15, 0.2) is 16.1 Å². The maximum Gasteiger partial charge on any atom is 0.193 e. The smallest absolute Gasteiger partial charge is 0.193 e. The van der Waals surface area contributed by atoms with Crippen LogP contribution in [0, 0.1) is 0 Å². The quantitative estimate of drug-likeness (QED) is 0.787. The number of aromatic nitrogens is 2. The van der Waals surface area contributed by atoms with Crippen LogP contribution in [0.3, 0.4) is 0 Å². The lowest BCUT2D eigenvalue weighted by molar-refractivity contribution is 0.209. The lowest BCUT2D eigenvalue weighted by atomic mass is 10.3. The highest BCUT2D eigenvalue weighted by atomic mass is 35.5. The summed E-state index contributed by atoms with van der Waals surface area (Å²) in [5, 5.41) is 7.88. The molecule has 0 atom stereocenters. The Morgan fingerprint density at radius 3 is 2.64 bits per heavy atom. The van der Waals surface area contributed by atoms with Crippen molar-refractivity contribution in [2.24, 2.45) is 0 Å². The molecule has 1 aliphatic carbocycles. The third-order valence-corrected chi connectivity index (χ3v) is 2.73. The van der Waals surface area contributed by atoms with E-state index in [0.29, 0.717) is 10.9 Å². The average molecular weight is 233 g/mol. The van der Waals surface area contributed by atoms with Crippen LogP contribution in [-0.2, 0) is 0 Å². The van der Waals surface area contributed by atoms with Gasteiger partial charge in [-0.05, 0) is 25.7 Å². The Balaban J connectivity index is 2.10. The Kier molecular flexibility index (Phi) is 3.08. The van der Waals surface area contributed by atoms with E-state index in [-0.39, 0.29) is 11.3 Å². The largest absolute Gasteiger partial charge is 0.487 e. The molecule has 2 rings (SSSR count). The van der Waals surface area contributed by atoms with Gasteiger partial charge in [0.2, 0.25) is 0 Å². The summed E-state index contributed by atoms with van der Waals surface area (Å²) in [6.45, 7) is 0. The highest BCUT2D eigenvalue weighted by Gasteiger charge is 2.18. The van der Waals surface area contributed by atoms with Crippen molar-refractivity contribution in [3.05, 3.63) is 16.4 Å². The minimum absolute atomic E-state index is 0.257. The molecule has 1 saturated carbocycles. The van der Waals surface area contributed by atoms with E-state index >= 15 is 0 Å². The van der Waals surface area contributed by atoms with Gasteiger partial charge in [-0.2, -0.15) is 0 Å². The Hall–Kier alpha value is -0.540. The third kappa shape index (κ3) is 2.28. The lowest BCUT2D eigenvalue weighted by Crippen LogP contribution is -2.11. The molecule has 0 radical (unpaired) electrons. The van der Waals surface area contributed by atoms with E-state index in [0.717, 1.165) is 12.8 Å². The second-order valence-corrected chi connectivity index (χ2v) is 4.09. The molecule has 0 aromatic carbocycles. The van der Waals surface area contributed by atoms with Gasteiger partial charge in [-0.25, -0.2) is 0 Å². The van der Waals surface area contributed by atoms with Crippen molar-refractivity contribution in [3.8, 4) is 5.75 Å². The minimum atomic E-state index is 0.257. The molecule has 14 heavy (non-hydrogen) atoms. The van der Waals surface area contributed by atoms with Crippen molar-refractivity contribution in [3.63, 3.8) is 0 Å². The lowest BCUT2D eigenvalue weighted by Gasteiger charge is -2.13. The highest BCUT2D eigenvalue weighted by Crippen LogP contribution is 2.29. The van der Waals surface area contributed by atoms with Gasteiger partial charge in [-0.1, -0.05) is 23.2 Å². The molecule has 1 aromatic heterocycles. The second kappa shape index (κ2) is 4.32. The van der Waals surface area contributed by atoms with Gasteiger partial charge < -0.3 is 4.74 Å². The van der Waals surface area contributed by atoms with Crippen molar-refractivity contribution in [1.82, 2.24) is 10.2 Å². The van der Waals surface area contributed by atoms with E-state index < -0.39 is 0 Å². The zero-order valence-corrected chi connectivity index (χ0v) is 9.05. The van der Waals surface area contributed by atoms with E-state index in [9.17, 15) is 0 Å². The SMILES string of the molecule is Clc1cc(OC2CCCC2)c(Cl)nn1. The van der Waals surface area contributed by atoms with Crippen LogP contribution in [0.1, 0.15) is 25.7 Å². The molecule has 0 spiro atoms. The number of hydrogen-bond acceptors (Lipinski definition) is 3. The number of hydrogen-bond donors (Lipinski definition) is 0. The predicted octanol–water partition coefficient (Wildman–Crippen LogP) is 3.10. The molecule has 0 amide bonds. The Bertz CT molecular complexity index is 327. The number of nitrogens with zero attached hydrogens (tertiary/aromatic N) is 2. The zero-order valence-electron chi connectivity index (χ0n) is 7.54. The molecule has 1 fully saturated rings. The topological polar surface area (TPSA) is 35.0 Å². The van der Waals surface area contributed by atoms with Crippen LogP contribution in [0.4, 0.5) is 0 Å². The summed E-state index contributed by atoms with van der Waals surface area (Å²) in [6, 6.07) is 1.61. The molecule has 0 unspecified atom stereocenters. The average Bonchev–Trinajstić information content (AvgIpc) is 2.64. The molecule has 0 aliphatic heterocycles. The fraction of sp³-hybridized carbons (Fsp3) is 0.556. The molecule has 1 aliphatic rings. The summed E-state index contributed by atoms with van der Waals surface area (Å²) in [5.41, 5.74) is 0. The van der Waals surface area contributed by atoms with Crippen molar-refractivity contribution in [1.29, 1.82) is 0 Å². The third-order valence-electron chi connectivity index (χ3n) is 2.28. The summed E-state index contributed by atoms with van der Waals surface area (Å²) >= 11 is 11.5. The first kappa shape index (κ1) is 9.99. The number of rotatable bonds is 2. The normalized spacial score (nSPS) is 17.3. The molecule has 76 valence electrons. The van der Waals surface area contributed by atoms with Crippen LogP contribution >= 0.6 is 23.2 Å². The van der Waals surface area contributed by atoms with E-state index in [1.807, 2.05) is 0 Å². The second-order valence-electron chi connectivity index (χ2n) is 3.35. The van der Waals surface area contributed by atoms with Crippen molar-refractivity contribution < 1.29 is 4.74 Å². The van der Waals surface area contributed by atoms with Crippen molar-refractivity contribution in [2.45, 2.75) is 31.8 Å². The maximum absolute atomic E-state index is 5.82. The summed E-state index contributed by atoms with van der Waals surface area (Å²) in [4.78, 5) is 0. The zero-order chi connectivity index (χ0) is 9.97. The highest BCUT2D eigenvalue weighted by molar-refractivity contribution is 6.32. The molecule has 0 saturated heterocycles. The first-order chi connectivity index (χ1) is 6.75. The van der Waals surface area contributed by atoms with Gasteiger partial charge in [-0.3, -0.25) is 0 Å². The van der Waals surface area contributed by atoms with Crippen molar-refractivity contribution >= 4 is 23.2 Å². The summed E-state index contributed by atoms with van der Waals surface area (Å²) in [5.74, 6) is 0.540. The Morgan fingerprint density at radius 2 is 1.93 bits per heavy atom. The Labute approximate surface area is 92.4 Å². The van der Waals surface area contributed by atoms with Crippen LogP contribution in [-0.4, -0.2) is 16.3 Å². The predicted molar refractivity (Wildman–Crippen MR) is 54.9 cm³/mol. The molecule has 1 aromatic rings. The van der Waals surface area contributed by atoms with Gasteiger partial charge in [-0.15, -0.1) is 10.2 Å². The van der Waals surface area contributed by atoms with Gasteiger partial charge in [0.05, 0.1) is 6.10 Å². The molecular formula is C9H10Cl2N2O. The Morgan fingerprint density at radius 1 is 1.21 bits per heavy atom. The van der Waals surface area contributed by atoms with Gasteiger partial charge in [0, 0.05) is 6.07 Å². The fourth-order valence-electron chi connectivity index (χ4n) is 1.61. The maximum atomic E-state index is 5.82. The van der Waals surface area contributed by atoms with Crippen LogP contribution < -0.4 is 4.74 Å². The summed E-state index contributed by atoms with van der Waals surface area (Å²) in [7, 11) is 0. The van der Waals surface area contributed by atoms with E-state index in [1.165, 1.54) is 12.8 Å². The van der Waals surface area contributed by atoms with Gasteiger partial charge in [0.25, 0.3) is 0 Å². The van der Waals surface area contributed by atoms with Crippen LogP contribution in [0.2, 0.25) is 10.3 Å². The standard InChI is InChI=1S/C9H10Cl2N2O/c10-8-5-7(9(11)13-12-8)14-6-3-1-2-4-6/h5-6H,1-4H2. The van der Waals surface area contributed by atoms with Gasteiger partial charge in [0.1, 0.15) is 0 Å².